The predicted molar refractivity (Wildman–Crippen MR) is 98.8 cm³/mol. The smallest absolute Gasteiger partial charge is 0.343 e. The highest BCUT2D eigenvalue weighted by Gasteiger charge is 2.17. The summed E-state index contributed by atoms with van der Waals surface area (Å²) in [4.78, 5) is 12.5. The fourth-order valence-electron chi connectivity index (χ4n) is 3.05. The van der Waals surface area contributed by atoms with Crippen LogP contribution in [-0.2, 0) is 6.42 Å². The summed E-state index contributed by atoms with van der Waals surface area (Å²) in [5, 5.41) is 11.3. The van der Waals surface area contributed by atoms with Crippen molar-refractivity contribution in [3.63, 3.8) is 0 Å². The predicted octanol–water partition coefficient (Wildman–Crippen LogP) is 4.76. The molecule has 3 heteroatoms. The molecule has 0 bridgehead atoms. The second-order valence-corrected chi connectivity index (χ2v) is 5.93. The number of rotatable bonds is 3. The highest BCUT2D eigenvalue weighted by atomic mass is 16.4. The van der Waals surface area contributed by atoms with Gasteiger partial charge in [-0.05, 0) is 17.2 Å². The third-order valence-corrected chi connectivity index (χ3v) is 4.31. The van der Waals surface area contributed by atoms with Crippen LogP contribution in [0.2, 0.25) is 0 Å². The molecule has 4 aromatic rings. The van der Waals surface area contributed by atoms with Crippen LogP contribution >= 0.6 is 0 Å². The zero-order valence-corrected chi connectivity index (χ0v) is 13.5. The molecule has 0 saturated carbocycles. The van der Waals surface area contributed by atoms with Crippen LogP contribution in [0.15, 0.2) is 88.1 Å². The van der Waals surface area contributed by atoms with Crippen molar-refractivity contribution in [1.29, 1.82) is 0 Å². The lowest BCUT2D eigenvalue weighted by Gasteiger charge is -2.10. The zero-order valence-electron chi connectivity index (χ0n) is 13.5. The van der Waals surface area contributed by atoms with E-state index in [1.165, 1.54) is 0 Å². The van der Waals surface area contributed by atoms with Crippen molar-refractivity contribution in [1.82, 2.24) is 0 Å². The Kier molecular flexibility index (Phi) is 3.82. The van der Waals surface area contributed by atoms with Gasteiger partial charge in [-0.15, -0.1) is 0 Å². The molecule has 0 unspecified atom stereocenters. The Hall–Kier alpha value is -3.33. The van der Waals surface area contributed by atoms with Gasteiger partial charge in [0.25, 0.3) is 0 Å². The van der Waals surface area contributed by atoms with Gasteiger partial charge < -0.3 is 9.52 Å². The van der Waals surface area contributed by atoms with E-state index in [0.29, 0.717) is 17.4 Å². The van der Waals surface area contributed by atoms with E-state index >= 15 is 0 Å². The molecule has 0 aliphatic carbocycles. The first-order valence-corrected chi connectivity index (χ1v) is 8.11. The average Bonchev–Trinajstić information content (AvgIpc) is 2.66. The molecular formula is C22H16O3. The summed E-state index contributed by atoms with van der Waals surface area (Å²) < 4.78 is 5.62. The number of fused-ring (bicyclic) bond motifs is 1. The molecule has 122 valence electrons. The van der Waals surface area contributed by atoms with Gasteiger partial charge in [-0.3, -0.25) is 0 Å². The SMILES string of the molecule is O=c1oc2c(-c3ccccc3)cccc2c(O)c1Cc1ccccc1. The summed E-state index contributed by atoms with van der Waals surface area (Å²) in [7, 11) is 0. The van der Waals surface area contributed by atoms with Gasteiger partial charge in [0.1, 0.15) is 11.3 Å². The number of benzene rings is 3. The number of para-hydroxylation sites is 1. The Balaban J connectivity index is 1.91. The molecule has 1 N–H and O–H groups in total. The largest absolute Gasteiger partial charge is 0.507 e. The van der Waals surface area contributed by atoms with Gasteiger partial charge >= 0.3 is 5.63 Å². The van der Waals surface area contributed by atoms with E-state index < -0.39 is 5.63 Å². The van der Waals surface area contributed by atoms with Crippen LogP contribution in [0.3, 0.4) is 0 Å². The van der Waals surface area contributed by atoms with Gasteiger partial charge in [0.2, 0.25) is 0 Å². The van der Waals surface area contributed by atoms with E-state index in [0.717, 1.165) is 16.7 Å². The van der Waals surface area contributed by atoms with E-state index in [1.807, 2.05) is 72.8 Å². The lowest BCUT2D eigenvalue weighted by molar-refractivity contribution is 0.459. The Labute approximate surface area is 144 Å². The van der Waals surface area contributed by atoms with E-state index in [1.54, 1.807) is 6.07 Å². The van der Waals surface area contributed by atoms with Crippen LogP contribution in [0.25, 0.3) is 22.1 Å². The van der Waals surface area contributed by atoms with Crippen molar-refractivity contribution in [3.05, 3.63) is 100 Å². The molecule has 25 heavy (non-hydrogen) atoms. The summed E-state index contributed by atoms with van der Waals surface area (Å²) in [5.74, 6) is -0.00659. The molecule has 0 atom stereocenters. The summed E-state index contributed by atoms with van der Waals surface area (Å²) in [6.07, 6.45) is 0.334. The number of aromatic hydroxyl groups is 1. The molecule has 0 spiro atoms. The Morgan fingerprint density at radius 3 is 2.20 bits per heavy atom. The van der Waals surface area contributed by atoms with Crippen LogP contribution in [0, 0.1) is 0 Å². The average molecular weight is 328 g/mol. The van der Waals surface area contributed by atoms with Gasteiger partial charge in [0.05, 0.1) is 10.9 Å². The second kappa shape index (κ2) is 6.29. The minimum atomic E-state index is -0.503. The standard InChI is InChI=1S/C22H16O3/c23-20-18-13-7-12-17(16-10-5-2-6-11-16)21(18)25-22(24)19(20)14-15-8-3-1-4-9-15/h1-13,23H,14H2. The Morgan fingerprint density at radius 2 is 1.48 bits per heavy atom. The minimum Gasteiger partial charge on any atom is -0.507 e. The van der Waals surface area contributed by atoms with Crippen molar-refractivity contribution in [3.8, 4) is 16.9 Å². The first kappa shape index (κ1) is 15.2. The Morgan fingerprint density at radius 1 is 0.800 bits per heavy atom. The topological polar surface area (TPSA) is 50.4 Å². The third kappa shape index (κ3) is 2.81. The lowest BCUT2D eigenvalue weighted by Crippen LogP contribution is -2.08. The van der Waals surface area contributed by atoms with Crippen molar-refractivity contribution in [2.75, 3.05) is 0 Å². The van der Waals surface area contributed by atoms with Crippen LogP contribution in [-0.4, -0.2) is 5.11 Å². The number of hydrogen-bond donors (Lipinski definition) is 1. The second-order valence-electron chi connectivity index (χ2n) is 5.93. The van der Waals surface area contributed by atoms with Gasteiger partial charge in [-0.1, -0.05) is 72.8 Å². The van der Waals surface area contributed by atoms with Gasteiger partial charge in [0.15, 0.2) is 0 Å². The van der Waals surface area contributed by atoms with E-state index in [9.17, 15) is 9.90 Å². The van der Waals surface area contributed by atoms with Crippen molar-refractivity contribution < 1.29 is 9.52 Å². The molecule has 0 aliphatic heterocycles. The lowest BCUT2D eigenvalue weighted by atomic mass is 10.00. The molecular weight excluding hydrogens is 312 g/mol. The molecule has 0 saturated heterocycles. The first-order chi connectivity index (χ1) is 12.2. The normalized spacial score (nSPS) is 10.9. The highest BCUT2D eigenvalue weighted by molar-refractivity contribution is 5.95. The van der Waals surface area contributed by atoms with E-state index in [-0.39, 0.29) is 11.3 Å². The third-order valence-electron chi connectivity index (χ3n) is 4.31. The van der Waals surface area contributed by atoms with Crippen LogP contribution in [0.4, 0.5) is 0 Å². The maximum Gasteiger partial charge on any atom is 0.343 e. The fourth-order valence-corrected chi connectivity index (χ4v) is 3.05. The Bertz CT molecular complexity index is 1080. The summed E-state index contributed by atoms with van der Waals surface area (Å²) in [6, 6.07) is 24.8. The molecule has 4 rings (SSSR count). The van der Waals surface area contributed by atoms with Gasteiger partial charge in [-0.2, -0.15) is 0 Å². The van der Waals surface area contributed by atoms with E-state index in [4.69, 9.17) is 4.42 Å². The summed E-state index contributed by atoms with van der Waals surface area (Å²) in [6.45, 7) is 0. The minimum absolute atomic E-state index is 0.00659. The van der Waals surface area contributed by atoms with Crippen molar-refractivity contribution >= 4 is 11.0 Å². The molecule has 1 aromatic heterocycles. The van der Waals surface area contributed by atoms with Crippen molar-refractivity contribution in [2.24, 2.45) is 0 Å². The highest BCUT2D eigenvalue weighted by Crippen LogP contribution is 2.34. The monoisotopic (exact) mass is 328 g/mol. The quantitative estimate of drug-likeness (QED) is 0.552. The van der Waals surface area contributed by atoms with Crippen LogP contribution in [0.1, 0.15) is 11.1 Å². The molecule has 3 aromatic carbocycles. The van der Waals surface area contributed by atoms with Crippen molar-refractivity contribution in [2.45, 2.75) is 6.42 Å². The molecule has 3 nitrogen and oxygen atoms in total. The molecule has 1 heterocycles. The van der Waals surface area contributed by atoms with E-state index in [2.05, 4.69) is 0 Å². The maximum absolute atomic E-state index is 12.5. The molecule has 0 radical (unpaired) electrons. The van der Waals surface area contributed by atoms with Crippen LogP contribution in [0.5, 0.6) is 5.75 Å². The zero-order chi connectivity index (χ0) is 17.2. The van der Waals surface area contributed by atoms with Gasteiger partial charge in [0, 0.05) is 12.0 Å². The fraction of sp³-hybridized carbons (Fsp3) is 0.0455. The van der Waals surface area contributed by atoms with Gasteiger partial charge in [-0.25, -0.2) is 4.79 Å². The first-order valence-electron chi connectivity index (χ1n) is 8.11. The number of hydrogen-bond acceptors (Lipinski definition) is 3. The molecule has 0 amide bonds. The summed E-state index contributed by atoms with van der Waals surface area (Å²) >= 11 is 0. The molecule has 0 aliphatic rings. The molecule has 0 fully saturated rings. The summed E-state index contributed by atoms with van der Waals surface area (Å²) in [5.41, 5.74) is 2.86. The maximum atomic E-state index is 12.5. The van der Waals surface area contributed by atoms with Crippen LogP contribution < -0.4 is 5.63 Å².